The lowest BCUT2D eigenvalue weighted by molar-refractivity contribution is 0.0705. The first-order chi connectivity index (χ1) is 13.1. The Hall–Kier alpha value is -2.73. The molecule has 6 nitrogen and oxygen atoms in total. The second-order valence-electron chi connectivity index (χ2n) is 6.80. The minimum Gasteiger partial charge on any atom is -0.338 e. The number of hydrogen-bond acceptors (Lipinski definition) is 4. The maximum atomic E-state index is 12.9. The highest BCUT2D eigenvalue weighted by molar-refractivity contribution is 6.30. The molecule has 1 N–H and O–H groups in total. The summed E-state index contributed by atoms with van der Waals surface area (Å²) in [6.07, 6.45) is 6.91. The van der Waals surface area contributed by atoms with Crippen LogP contribution in [0.2, 0.25) is 5.02 Å². The highest BCUT2D eigenvalue weighted by Crippen LogP contribution is 2.33. The molecule has 1 aromatic carbocycles. The van der Waals surface area contributed by atoms with Gasteiger partial charge in [-0.15, -0.1) is 0 Å². The van der Waals surface area contributed by atoms with Crippen LogP contribution in [0.5, 0.6) is 0 Å². The highest BCUT2D eigenvalue weighted by Gasteiger charge is 2.29. The van der Waals surface area contributed by atoms with Crippen molar-refractivity contribution in [2.75, 3.05) is 13.1 Å². The van der Waals surface area contributed by atoms with Gasteiger partial charge in [0.2, 0.25) is 0 Å². The predicted octanol–water partition coefficient (Wildman–Crippen LogP) is 3.85. The summed E-state index contributed by atoms with van der Waals surface area (Å²) in [5.41, 5.74) is 4.12. The van der Waals surface area contributed by atoms with Gasteiger partial charge >= 0.3 is 0 Å². The predicted molar refractivity (Wildman–Crippen MR) is 104 cm³/mol. The van der Waals surface area contributed by atoms with Crippen molar-refractivity contribution in [2.45, 2.75) is 25.7 Å². The number of benzene rings is 1. The molecule has 2 aromatic heterocycles. The van der Waals surface area contributed by atoms with Gasteiger partial charge in [0.15, 0.2) is 0 Å². The Morgan fingerprint density at radius 1 is 1.30 bits per heavy atom. The first-order valence-corrected chi connectivity index (χ1v) is 9.37. The van der Waals surface area contributed by atoms with Crippen molar-refractivity contribution in [3.05, 3.63) is 64.8 Å². The van der Waals surface area contributed by atoms with Crippen LogP contribution in [0, 0.1) is 6.92 Å². The van der Waals surface area contributed by atoms with Crippen LogP contribution >= 0.6 is 11.6 Å². The van der Waals surface area contributed by atoms with Crippen LogP contribution in [0.3, 0.4) is 0 Å². The molecular formula is C20H20ClN5O. The summed E-state index contributed by atoms with van der Waals surface area (Å²) in [4.78, 5) is 23.9. The van der Waals surface area contributed by atoms with E-state index < -0.39 is 0 Å². The lowest BCUT2D eigenvalue weighted by Crippen LogP contribution is -2.39. The Bertz CT molecular complexity index is 970. The van der Waals surface area contributed by atoms with Gasteiger partial charge in [0.1, 0.15) is 0 Å². The fraction of sp³-hybridized carbons (Fsp3) is 0.300. The Labute approximate surface area is 162 Å². The maximum absolute atomic E-state index is 12.9. The van der Waals surface area contributed by atoms with Crippen LogP contribution in [0.1, 0.15) is 40.5 Å². The van der Waals surface area contributed by atoms with E-state index in [-0.39, 0.29) is 11.8 Å². The van der Waals surface area contributed by atoms with Crippen LogP contribution in [0.15, 0.2) is 42.9 Å². The fourth-order valence-corrected chi connectivity index (χ4v) is 3.82. The lowest BCUT2D eigenvalue weighted by Gasteiger charge is -2.33. The van der Waals surface area contributed by atoms with Gasteiger partial charge in [-0.1, -0.05) is 23.7 Å². The van der Waals surface area contributed by atoms with E-state index in [1.807, 2.05) is 36.1 Å². The SMILES string of the molecule is Cc1[nH]ncc1C(=O)N1CCC[C@@H](c2nccnc2-c2cccc(Cl)c2)C1. The third-order valence-electron chi connectivity index (χ3n) is 4.98. The number of amides is 1. The molecule has 0 spiro atoms. The molecule has 27 heavy (non-hydrogen) atoms. The summed E-state index contributed by atoms with van der Waals surface area (Å²) >= 11 is 6.16. The number of piperidine rings is 1. The summed E-state index contributed by atoms with van der Waals surface area (Å²) in [7, 11) is 0. The van der Waals surface area contributed by atoms with Gasteiger partial charge < -0.3 is 4.90 Å². The monoisotopic (exact) mass is 381 g/mol. The summed E-state index contributed by atoms with van der Waals surface area (Å²) in [6, 6.07) is 7.64. The van der Waals surface area contributed by atoms with Crippen molar-refractivity contribution in [1.29, 1.82) is 0 Å². The van der Waals surface area contributed by atoms with E-state index >= 15 is 0 Å². The topological polar surface area (TPSA) is 74.8 Å². The Balaban J connectivity index is 1.63. The Kier molecular flexibility index (Phi) is 4.90. The molecule has 0 radical (unpaired) electrons. The van der Waals surface area contributed by atoms with Crippen molar-refractivity contribution >= 4 is 17.5 Å². The van der Waals surface area contributed by atoms with Crippen molar-refractivity contribution in [2.24, 2.45) is 0 Å². The Morgan fingerprint density at radius 2 is 2.15 bits per heavy atom. The van der Waals surface area contributed by atoms with E-state index in [9.17, 15) is 4.79 Å². The first kappa shape index (κ1) is 17.7. The van der Waals surface area contributed by atoms with E-state index in [1.54, 1.807) is 18.6 Å². The normalized spacial score (nSPS) is 17.1. The molecule has 0 saturated carbocycles. The number of nitrogens with zero attached hydrogens (tertiary/aromatic N) is 4. The van der Waals surface area contributed by atoms with Crippen molar-refractivity contribution in [3.63, 3.8) is 0 Å². The molecule has 3 aromatic rings. The number of aryl methyl sites for hydroxylation is 1. The number of rotatable bonds is 3. The molecule has 4 rings (SSSR count). The zero-order chi connectivity index (χ0) is 18.8. The third kappa shape index (κ3) is 3.57. The van der Waals surface area contributed by atoms with Gasteiger partial charge in [0.25, 0.3) is 5.91 Å². The van der Waals surface area contributed by atoms with E-state index in [4.69, 9.17) is 11.6 Å². The zero-order valence-electron chi connectivity index (χ0n) is 15.0. The number of likely N-dealkylation sites (tertiary alicyclic amines) is 1. The van der Waals surface area contributed by atoms with Crippen molar-refractivity contribution in [3.8, 4) is 11.3 Å². The molecule has 1 fully saturated rings. The van der Waals surface area contributed by atoms with Crippen LogP contribution < -0.4 is 0 Å². The maximum Gasteiger partial charge on any atom is 0.257 e. The van der Waals surface area contributed by atoms with E-state index in [1.165, 1.54) is 0 Å². The number of carbonyl (C=O) groups excluding carboxylic acids is 1. The number of carbonyl (C=O) groups is 1. The van der Waals surface area contributed by atoms with Gasteiger partial charge in [-0.05, 0) is 31.9 Å². The van der Waals surface area contributed by atoms with Gasteiger partial charge in [0.05, 0.1) is 23.1 Å². The number of H-pyrrole nitrogens is 1. The van der Waals surface area contributed by atoms with Gasteiger partial charge in [0, 0.05) is 47.7 Å². The Morgan fingerprint density at radius 3 is 2.93 bits per heavy atom. The standard InChI is InChI=1S/C20H20ClN5O/c1-13-17(11-24-25-13)20(27)26-9-3-5-15(12-26)19-18(22-7-8-23-19)14-4-2-6-16(21)10-14/h2,4,6-8,10-11,15H,3,5,9,12H2,1H3,(H,24,25)/t15-/m1/s1. The van der Waals surface area contributed by atoms with Crippen molar-refractivity contribution in [1.82, 2.24) is 25.1 Å². The van der Waals surface area contributed by atoms with E-state index in [0.29, 0.717) is 17.1 Å². The van der Waals surface area contributed by atoms with E-state index in [2.05, 4.69) is 20.2 Å². The number of hydrogen-bond donors (Lipinski definition) is 1. The summed E-state index contributed by atoms with van der Waals surface area (Å²) in [5, 5.41) is 7.47. The number of aromatic amines is 1. The van der Waals surface area contributed by atoms with Crippen molar-refractivity contribution < 1.29 is 4.79 Å². The number of halogens is 1. The minimum absolute atomic E-state index is 0.0131. The second-order valence-corrected chi connectivity index (χ2v) is 7.24. The molecular weight excluding hydrogens is 362 g/mol. The zero-order valence-corrected chi connectivity index (χ0v) is 15.8. The molecule has 0 bridgehead atoms. The first-order valence-electron chi connectivity index (χ1n) is 8.99. The van der Waals surface area contributed by atoms with Crippen LogP contribution in [-0.2, 0) is 0 Å². The van der Waals surface area contributed by atoms with Crippen LogP contribution in [-0.4, -0.2) is 44.1 Å². The molecule has 1 amide bonds. The lowest BCUT2D eigenvalue weighted by atomic mass is 9.91. The minimum atomic E-state index is 0.0131. The van der Waals surface area contributed by atoms with E-state index in [0.717, 1.165) is 42.0 Å². The summed E-state index contributed by atoms with van der Waals surface area (Å²) < 4.78 is 0. The fourth-order valence-electron chi connectivity index (χ4n) is 3.63. The number of nitrogens with one attached hydrogen (secondary N) is 1. The quantitative estimate of drug-likeness (QED) is 0.747. The van der Waals surface area contributed by atoms with Gasteiger partial charge in [-0.25, -0.2) is 0 Å². The molecule has 0 aliphatic carbocycles. The highest BCUT2D eigenvalue weighted by atomic mass is 35.5. The molecule has 138 valence electrons. The largest absolute Gasteiger partial charge is 0.338 e. The van der Waals surface area contributed by atoms with Gasteiger partial charge in [-0.2, -0.15) is 5.10 Å². The molecule has 1 aliphatic heterocycles. The van der Waals surface area contributed by atoms with Gasteiger partial charge in [-0.3, -0.25) is 19.9 Å². The molecule has 7 heteroatoms. The summed E-state index contributed by atoms with van der Waals surface area (Å²) in [5.74, 6) is 0.150. The average Bonchev–Trinajstić information content (AvgIpc) is 3.13. The van der Waals surface area contributed by atoms with Crippen LogP contribution in [0.4, 0.5) is 0 Å². The number of aromatic nitrogens is 4. The third-order valence-corrected chi connectivity index (χ3v) is 5.22. The molecule has 1 aliphatic rings. The molecule has 1 atom stereocenters. The molecule has 1 saturated heterocycles. The van der Waals surface area contributed by atoms with Crippen LogP contribution in [0.25, 0.3) is 11.3 Å². The average molecular weight is 382 g/mol. The molecule has 3 heterocycles. The second kappa shape index (κ2) is 7.48. The smallest absolute Gasteiger partial charge is 0.257 e. The molecule has 0 unspecified atom stereocenters. The summed E-state index contributed by atoms with van der Waals surface area (Å²) in [6.45, 7) is 3.23.